The first-order chi connectivity index (χ1) is 9.54. The number of nitrogens with zero attached hydrogens (tertiary/aromatic N) is 3. The summed E-state index contributed by atoms with van der Waals surface area (Å²) in [5.74, 6) is 0.107. The molecule has 1 aromatic rings. The molecule has 0 N–H and O–H groups in total. The molecule has 0 saturated carbocycles. The maximum Gasteiger partial charge on any atom is 0.223 e. The van der Waals surface area contributed by atoms with E-state index in [1.165, 1.54) is 4.88 Å². The topological polar surface area (TPSA) is 47.3 Å². The highest BCUT2D eigenvalue weighted by atomic mass is 32.1. The predicted octanol–water partition coefficient (Wildman–Crippen LogP) is 2.37. The first-order valence-electron chi connectivity index (χ1n) is 6.88. The molecule has 4 nitrogen and oxygen atoms in total. The monoisotopic (exact) mass is 293 g/mol. The molecule has 0 aromatic carbocycles. The second-order valence-electron chi connectivity index (χ2n) is 5.09. The van der Waals surface area contributed by atoms with E-state index in [2.05, 4.69) is 42.5 Å². The fourth-order valence-corrected chi connectivity index (χ4v) is 2.73. The number of thiophene rings is 1. The van der Waals surface area contributed by atoms with Gasteiger partial charge in [0.1, 0.15) is 0 Å². The molecule has 0 radical (unpaired) electrons. The summed E-state index contributed by atoms with van der Waals surface area (Å²) in [6, 6.07) is 6.70. The van der Waals surface area contributed by atoms with E-state index in [1.807, 2.05) is 0 Å². The van der Waals surface area contributed by atoms with Crippen molar-refractivity contribution in [1.82, 2.24) is 9.80 Å². The lowest BCUT2D eigenvalue weighted by molar-refractivity contribution is -0.130. The Bertz CT molecular complexity index is 438. The Hall–Kier alpha value is -1.38. The summed E-state index contributed by atoms with van der Waals surface area (Å²) in [6.45, 7) is 3.45. The van der Waals surface area contributed by atoms with Crippen LogP contribution in [0.5, 0.6) is 0 Å². The van der Waals surface area contributed by atoms with Crippen molar-refractivity contribution in [3.05, 3.63) is 22.4 Å². The zero-order chi connectivity index (χ0) is 15.0. The quantitative estimate of drug-likeness (QED) is 0.739. The van der Waals surface area contributed by atoms with E-state index >= 15 is 0 Å². The molecule has 1 atom stereocenters. The van der Waals surface area contributed by atoms with Gasteiger partial charge in [0, 0.05) is 37.5 Å². The summed E-state index contributed by atoms with van der Waals surface area (Å²) in [6.07, 6.45) is 1.92. The van der Waals surface area contributed by atoms with Crippen molar-refractivity contribution in [1.29, 1.82) is 5.26 Å². The van der Waals surface area contributed by atoms with Crippen molar-refractivity contribution in [2.24, 2.45) is 0 Å². The number of likely N-dealkylation sites (N-methyl/N-ethyl adjacent to an activating group) is 1. The van der Waals surface area contributed by atoms with Gasteiger partial charge in [0.15, 0.2) is 0 Å². The Morgan fingerprint density at radius 3 is 2.80 bits per heavy atom. The Kier molecular flexibility index (Phi) is 7.27. The van der Waals surface area contributed by atoms with Crippen LogP contribution in [0.25, 0.3) is 0 Å². The summed E-state index contributed by atoms with van der Waals surface area (Å²) in [4.78, 5) is 17.1. The van der Waals surface area contributed by atoms with Crippen molar-refractivity contribution in [2.75, 3.05) is 27.2 Å². The molecular formula is C15H23N3OS. The second-order valence-corrected chi connectivity index (χ2v) is 6.12. The largest absolute Gasteiger partial charge is 0.345 e. The van der Waals surface area contributed by atoms with Gasteiger partial charge in [-0.15, -0.1) is 11.3 Å². The van der Waals surface area contributed by atoms with Gasteiger partial charge in [0.2, 0.25) is 5.91 Å². The minimum absolute atomic E-state index is 0.107. The molecule has 1 unspecified atom stereocenters. The third-order valence-electron chi connectivity index (χ3n) is 3.49. The van der Waals surface area contributed by atoms with Gasteiger partial charge >= 0.3 is 0 Å². The molecule has 1 rings (SSSR count). The Morgan fingerprint density at radius 1 is 1.45 bits per heavy atom. The first-order valence-corrected chi connectivity index (χ1v) is 7.76. The van der Waals surface area contributed by atoms with Crippen LogP contribution in [0, 0.1) is 11.3 Å². The third-order valence-corrected chi connectivity index (χ3v) is 4.39. The standard InChI is InChI=1S/C15H23N3OS/c1-13(12-14-6-4-11-20-14)17(2)10-7-15(19)18(3)9-5-8-16/h4,6,11,13H,5,7,9-10,12H2,1-3H3. The van der Waals surface area contributed by atoms with Crippen molar-refractivity contribution in [3.63, 3.8) is 0 Å². The van der Waals surface area contributed by atoms with Crippen LogP contribution in [0.4, 0.5) is 0 Å². The van der Waals surface area contributed by atoms with Crippen molar-refractivity contribution in [3.8, 4) is 6.07 Å². The highest BCUT2D eigenvalue weighted by molar-refractivity contribution is 7.09. The third kappa shape index (κ3) is 5.72. The Balaban J connectivity index is 2.29. The molecule has 1 aromatic heterocycles. The maximum absolute atomic E-state index is 11.9. The molecule has 1 heterocycles. The van der Waals surface area contributed by atoms with E-state index in [0.717, 1.165) is 13.0 Å². The number of carbonyl (C=O) groups is 1. The van der Waals surface area contributed by atoms with Crippen LogP contribution in [0.3, 0.4) is 0 Å². The molecule has 5 heteroatoms. The lowest BCUT2D eigenvalue weighted by Gasteiger charge is -2.25. The van der Waals surface area contributed by atoms with E-state index in [4.69, 9.17) is 5.26 Å². The minimum Gasteiger partial charge on any atom is -0.345 e. The summed E-state index contributed by atoms with van der Waals surface area (Å²) in [7, 11) is 3.82. The van der Waals surface area contributed by atoms with Gasteiger partial charge in [0.25, 0.3) is 0 Å². The van der Waals surface area contributed by atoms with Gasteiger partial charge in [-0.2, -0.15) is 5.26 Å². The van der Waals surface area contributed by atoms with Crippen LogP contribution in [-0.4, -0.2) is 48.9 Å². The smallest absolute Gasteiger partial charge is 0.223 e. The zero-order valence-electron chi connectivity index (χ0n) is 12.5. The molecule has 0 aliphatic rings. The fraction of sp³-hybridized carbons (Fsp3) is 0.600. The van der Waals surface area contributed by atoms with E-state index < -0.39 is 0 Å². The lowest BCUT2D eigenvalue weighted by atomic mass is 10.2. The molecule has 0 spiro atoms. The number of amides is 1. The van der Waals surface area contributed by atoms with Crippen LogP contribution in [-0.2, 0) is 11.2 Å². The van der Waals surface area contributed by atoms with Crippen LogP contribution >= 0.6 is 11.3 Å². The van der Waals surface area contributed by atoms with Gasteiger partial charge in [-0.05, 0) is 31.8 Å². The molecule has 0 saturated heterocycles. The maximum atomic E-state index is 11.9. The number of nitriles is 1. The molecule has 0 bridgehead atoms. The molecule has 20 heavy (non-hydrogen) atoms. The van der Waals surface area contributed by atoms with Crippen molar-refractivity contribution < 1.29 is 4.79 Å². The fourth-order valence-electron chi connectivity index (χ4n) is 1.90. The summed E-state index contributed by atoms with van der Waals surface area (Å²) in [5, 5.41) is 10.6. The van der Waals surface area contributed by atoms with E-state index in [1.54, 1.807) is 23.3 Å². The number of rotatable bonds is 8. The normalized spacial score (nSPS) is 12.2. The molecule has 0 fully saturated rings. The summed E-state index contributed by atoms with van der Waals surface area (Å²) in [5.41, 5.74) is 0. The number of carbonyl (C=O) groups excluding carboxylic acids is 1. The lowest BCUT2D eigenvalue weighted by Crippen LogP contribution is -2.35. The molecule has 0 aliphatic carbocycles. The summed E-state index contributed by atoms with van der Waals surface area (Å²) >= 11 is 1.77. The van der Waals surface area contributed by atoms with Gasteiger partial charge in [0.05, 0.1) is 12.5 Å². The summed E-state index contributed by atoms with van der Waals surface area (Å²) < 4.78 is 0. The van der Waals surface area contributed by atoms with Crippen LogP contribution < -0.4 is 0 Å². The van der Waals surface area contributed by atoms with Crippen molar-refractivity contribution in [2.45, 2.75) is 32.2 Å². The van der Waals surface area contributed by atoms with Crippen LogP contribution in [0.2, 0.25) is 0 Å². The van der Waals surface area contributed by atoms with Crippen molar-refractivity contribution >= 4 is 17.2 Å². The molecular weight excluding hydrogens is 270 g/mol. The molecule has 0 aliphatic heterocycles. The predicted molar refractivity (Wildman–Crippen MR) is 82.6 cm³/mol. The number of hydrogen-bond donors (Lipinski definition) is 0. The second kappa shape index (κ2) is 8.72. The SMILES string of the molecule is CC(Cc1cccs1)N(C)CCC(=O)N(C)CCC#N. The van der Waals surface area contributed by atoms with Crippen LogP contribution in [0.1, 0.15) is 24.6 Å². The average Bonchev–Trinajstić information content (AvgIpc) is 2.94. The van der Waals surface area contributed by atoms with Gasteiger partial charge in [-0.1, -0.05) is 6.07 Å². The average molecular weight is 293 g/mol. The highest BCUT2D eigenvalue weighted by Crippen LogP contribution is 2.13. The number of hydrogen-bond acceptors (Lipinski definition) is 4. The van der Waals surface area contributed by atoms with E-state index in [0.29, 0.717) is 25.4 Å². The molecule has 1 amide bonds. The zero-order valence-corrected chi connectivity index (χ0v) is 13.3. The van der Waals surface area contributed by atoms with Gasteiger partial charge < -0.3 is 9.80 Å². The Morgan fingerprint density at radius 2 is 2.20 bits per heavy atom. The van der Waals surface area contributed by atoms with E-state index in [9.17, 15) is 4.79 Å². The minimum atomic E-state index is 0.107. The first kappa shape index (κ1) is 16.7. The van der Waals surface area contributed by atoms with Gasteiger partial charge in [-0.3, -0.25) is 4.79 Å². The molecule has 110 valence electrons. The van der Waals surface area contributed by atoms with E-state index in [-0.39, 0.29) is 5.91 Å². The van der Waals surface area contributed by atoms with Crippen LogP contribution in [0.15, 0.2) is 17.5 Å². The van der Waals surface area contributed by atoms with Gasteiger partial charge in [-0.25, -0.2) is 0 Å². The highest BCUT2D eigenvalue weighted by Gasteiger charge is 2.14. The Labute approximate surface area is 125 Å².